The van der Waals surface area contributed by atoms with E-state index in [0.29, 0.717) is 19.5 Å². The number of aliphatic hydroxyl groups excluding tert-OH is 1. The number of hydrogen-bond donors (Lipinski definition) is 1. The van der Waals surface area contributed by atoms with Crippen molar-refractivity contribution in [2.45, 2.75) is 26.7 Å². The van der Waals surface area contributed by atoms with Gasteiger partial charge in [0, 0.05) is 13.1 Å². The van der Waals surface area contributed by atoms with Gasteiger partial charge in [-0.2, -0.15) is 0 Å². The lowest BCUT2D eigenvalue weighted by Crippen LogP contribution is -2.34. The second-order valence-corrected chi connectivity index (χ2v) is 4.05. The summed E-state index contributed by atoms with van der Waals surface area (Å²) < 4.78 is 0. The van der Waals surface area contributed by atoms with Crippen LogP contribution in [-0.2, 0) is 17.6 Å². The molecule has 3 nitrogen and oxygen atoms in total. The van der Waals surface area contributed by atoms with Gasteiger partial charge in [0.05, 0.1) is 13.0 Å². The molecule has 0 bridgehead atoms. The molecule has 94 valence electrons. The Hall–Kier alpha value is -1.35. The van der Waals surface area contributed by atoms with Gasteiger partial charge in [0.25, 0.3) is 0 Å². The lowest BCUT2D eigenvalue weighted by atomic mass is 10.1. The summed E-state index contributed by atoms with van der Waals surface area (Å²) in [6.07, 6.45) is 1.40. The number of likely N-dealkylation sites (N-methyl/N-ethyl adjacent to an activating group) is 1. The van der Waals surface area contributed by atoms with E-state index < -0.39 is 0 Å². The van der Waals surface area contributed by atoms with Crippen molar-refractivity contribution in [2.75, 3.05) is 19.7 Å². The SMILES string of the molecule is CCc1cccc(CC(=O)N(CC)CCO)c1. The molecular weight excluding hydrogens is 214 g/mol. The molecule has 0 aliphatic carbocycles. The van der Waals surface area contributed by atoms with Crippen LogP contribution in [0.2, 0.25) is 0 Å². The Balaban J connectivity index is 2.65. The summed E-state index contributed by atoms with van der Waals surface area (Å²) in [5.74, 6) is 0.0785. The number of benzene rings is 1. The predicted molar refractivity (Wildman–Crippen MR) is 68.9 cm³/mol. The van der Waals surface area contributed by atoms with Crippen LogP contribution in [-0.4, -0.2) is 35.6 Å². The van der Waals surface area contributed by atoms with Crippen LogP contribution in [0, 0.1) is 0 Å². The summed E-state index contributed by atoms with van der Waals surface area (Å²) in [5, 5.41) is 8.87. The van der Waals surface area contributed by atoms with Gasteiger partial charge in [0.2, 0.25) is 5.91 Å². The molecular formula is C14H21NO2. The van der Waals surface area contributed by atoms with E-state index >= 15 is 0 Å². The monoisotopic (exact) mass is 235 g/mol. The van der Waals surface area contributed by atoms with E-state index in [1.807, 2.05) is 19.1 Å². The molecule has 0 radical (unpaired) electrons. The molecule has 1 rings (SSSR count). The lowest BCUT2D eigenvalue weighted by Gasteiger charge is -2.19. The zero-order valence-electron chi connectivity index (χ0n) is 10.6. The van der Waals surface area contributed by atoms with Crippen LogP contribution in [0.15, 0.2) is 24.3 Å². The van der Waals surface area contributed by atoms with Gasteiger partial charge in [-0.25, -0.2) is 0 Å². The fourth-order valence-electron chi connectivity index (χ4n) is 1.83. The molecule has 1 amide bonds. The summed E-state index contributed by atoms with van der Waals surface area (Å²) >= 11 is 0. The Kier molecular flexibility index (Phi) is 5.70. The summed E-state index contributed by atoms with van der Waals surface area (Å²) in [7, 11) is 0. The van der Waals surface area contributed by atoms with Crippen molar-refractivity contribution in [3.8, 4) is 0 Å². The molecule has 0 atom stereocenters. The second-order valence-electron chi connectivity index (χ2n) is 4.05. The average Bonchev–Trinajstić information content (AvgIpc) is 2.36. The third-order valence-corrected chi connectivity index (χ3v) is 2.86. The molecule has 17 heavy (non-hydrogen) atoms. The Bertz CT molecular complexity index is 363. The maximum Gasteiger partial charge on any atom is 0.227 e. The lowest BCUT2D eigenvalue weighted by molar-refractivity contribution is -0.130. The Morgan fingerprint density at radius 3 is 2.59 bits per heavy atom. The first kappa shape index (κ1) is 13.7. The third kappa shape index (κ3) is 4.19. The van der Waals surface area contributed by atoms with Crippen molar-refractivity contribution < 1.29 is 9.90 Å². The van der Waals surface area contributed by atoms with Crippen LogP contribution in [0.4, 0.5) is 0 Å². The van der Waals surface area contributed by atoms with E-state index in [1.165, 1.54) is 5.56 Å². The standard InChI is InChI=1S/C14H21NO2/c1-3-12-6-5-7-13(10-12)11-14(17)15(4-2)8-9-16/h5-7,10,16H,3-4,8-9,11H2,1-2H3. The normalized spacial score (nSPS) is 10.3. The van der Waals surface area contributed by atoms with Crippen molar-refractivity contribution >= 4 is 5.91 Å². The number of amides is 1. The van der Waals surface area contributed by atoms with E-state index in [-0.39, 0.29) is 12.5 Å². The summed E-state index contributed by atoms with van der Waals surface area (Å²) in [6, 6.07) is 8.11. The topological polar surface area (TPSA) is 40.5 Å². The second kappa shape index (κ2) is 7.07. The van der Waals surface area contributed by atoms with Crippen LogP contribution in [0.5, 0.6) is 0 Å². The van der Waals surface area contributed by atoms with Crippen LogP contribution in [0.3, 0.4) is 0 Å². The first-order chi connectivity index (χ1) is 8.21. The van der Waals surface area contributed by atoms with Gasteiger partial charge < -0.3 is 10.0 Å². The fourth-order valence-corrected chi connectivity index (χ4v) is 1.83. The van der Waals surface area contributed by atoms with Gasteiger partial charge in [0.15, 0.2) is 0 Å². The van der Waals surface area contributed by atoms with Gasteiger partial charge in [-0.3, -0.25) is 4.79 Å². The average molecular weight is 235 g/mol. The first-order valence-corrected chi connectivity index (χ1v) is 6.17. The molecule has 0 aliphatic rings. The van der Waals surface area contributed by atoms with E-state index in [4.69, 9.17) is 5.11 Å². The Morgan fingerprint density at radius 1 is 1.29 bits per heavy atom. The highest BCUT2D eigenvalue weighted by atomic mass is 16.3. The maximum absolute atomic E-state index is 11.9. The van der Waals surface area contributed by atoms with Crippen molar-refractivity contribution in [3.05, 3.63) is 35.4 Å². The minimum atomic E-state index is 0.0224. The number of carbonyl (C=O) groups excluding carboxylic acids is 1. The van der Waals surface area contributed by atoms with E-state index in [0.717, 1.165) is 12.0 Å². The third-order valence-electron chi connectivity index (χ3n) is 2.86. The summed E-state index contributed by atoms with van der Waals surface area (Å²) in [6.45, 7) is 5.12. The van der Waals surface area contributed by atoms with E-state index in [9.17, 15) is 4.79 Å². The van der Waals surface area contributed by atoms with Crippen LogP contribution in [0.25, 0.3) is 0 Å². The molecule has 0 heterocycles. The molecule has 0 saturated carbocycles. The highest BCUT2D eigenvalue weighted by molar-refractivity contribution is 5.78. The Morgan fingerprint density at radius 2 is 2.00 bits per heavy atom. The van der Waals surface area contributed by atoms with Crippen LogP contribution >= 0.6 is 0 Å². The Labute approximate surface area is 103 Å². The van der Waals surface area contributed by atoms with Gasteiger partial charge in [-0.1, -0.05) is 31.2 Å². The molecule has 0 unspecified atom stereocenters. The highest BCUT2D eigenvalue weighted by Gasteiger charge is 2.11. The van der Waals surface area contributed by atoms with Crippen molar-refractivity contribution in [1.82, 2.24) is 4.90 Å². The van der Waals surface area contributed by atoms with Crippen molar-refractivity contribution in [3.63, 3.8) is 0 Å². The predicted octanol–water partition coefficient (Wildman–Crippen LogP) is 1.63. The quantitative estimate of drug-likeness (QED) is 0.814. The van der Waals surface area contributed by atoms with Crippen LogP contribution in [0.1, 0.15) is 25.0 Å². The molecule has 1 aromatic carbocycles. The zero-order chi connectivity index (χ0) is 12.7. The smallest absolute Gasteiger partial charge is 0.227 e. The molecule has 3 heteroatoms. The van der Waals surface area contributed by atoms with Crippen LogP contribution < -0.4 is 0 Å². The molecule has 0 aliphatic heterocycles. The molecule has 0 saturated heterocycles. The number of hydrogen-bond acceptors (Lipinski definition) is 2. The number of aliphatic hydroxyl groups is 1. The van der Waals surface area contributed by atoms with Gasteiger partial charge >= 0.3 is 0 Å². The highest BCUT2D eigenvalue weighted by Crippen LogP contribution is 2.08. The summed E-state index contributed by atoms with van der Waals surface area (Å²) in [5.41, 5.74) is 2.30. The molecule has 0 spiro atoms. The van der Waals surface area contributed by atoms with Gasteiger partial charge in [0.1, 0.15) is 0 Å². The largest absolute Gasteiger partial charge is 0.395 e. The number of rotatable bonds is 6. The van der Waals surface area contributed by atoms with Crippen molar-refractivity contribution in [1.29, 1.82) is 0 Å². The van der Waals surface area contributed by atoms with Gasteiger partial charge in [-0.15, -0.1) is 0 Å². The van der Waals surface area contributed by atoms with Crippen molar-refractivity contribution in [2.24, 2.45) is 0 Å². The van der Waals surface area contributed by atoms with Gasteiger partial charge in [-0.05, 0) is 24.5 Å². The number of aryl methyl sites for hydroxylation is 1. The maximum atomic E-state index is 11.9. The minimum Gasteiger partial charge on any atom is -0.395 e. The number of carbonyl (C=O) groups is 1. The molecule has 1 N–H and O–H groups in total. The fraction of sp³-hybridized carbons (Fsp3) is 0.500. The zero-order valence-corrected chi connectivity index (χ0v) is 10.6. The summed E-state index contributed by atoms with van der Waals surface area (Å²) in [4.78, 5) is 13.6. The molecule has 0 aromatic heterocycles. The molecule has 1 aromatic rings. The first-order valence-electron chi connectivity index (χ1n) is 6.17. The van der Waals surface area contributed by atoms with E-state index in [2.05, 4.69) is 19.1 Å². The van der Waals surface area contributed by atoms with E-state index in [1.54, 1.807) is 4.90 Å². The number of nitrogens with zero attached hydrogens (tertiary/aromatic N) is 1. The molecule has 0 fully saturated rings. The minimum absolute atomic E-state index is 0.0224.